The average Bonchev–Trinajstić information content (AvgIpc) is 3.58. The molecule has 4 rings (SSSR count). The lowest BCUT2D eigenvalue weighted by Crippen LogP contribution is -2.58. The smallest absolute Gasteiger partial charge is 0.145 e. The van der Waals surface area contributed by atoms with E-state index in [1.807, 2.05) is 31.0 Å². The largest absolute Gasteiger partial charge is 0.372 e. The first-order chi connectivity index (χ1) is 16.9. The predicted molar refractivity (Wildman–Crippen MR) is 151 cm³/mol. The van der Waals surface area contributed by atoms with E-state index < -0.39 is 11.2 Å². The molecule has 1 aromatic carbocycles. The zero-order valence-corrected chi connectivity index (χ0v) is 23.2. The van der Waals surface area contributed by atoms with Crippen LogP contribution in [-0.2, 0) is 0 Å². The molecule has 5 heteroatoms. The molecule has 4 nitrogen and oxygen atoms in total. The zero-order chi connectivity index (χ0) is 26.3. The Morgan fingerprint density at radius 3 is 2.44 bits per heavy atom. The van der Waals surface area contributed by atoms with Crippen LogP contribution in [0.2, 0.25) is 0 Å². The van der Waals surface area contributed by atoms with Crippen LogP contribution in [0.5, 0.6) is 0 Å². The van der Waals surface area contributed by atoms with E-state index in [0.29, 0.717) is 11.8 Å². The Bertz CT molecular complexity index is 1160. The summed E-state index contributed by atoms with van der Waals surface area (Å²) in [4.78, 5) is 7.06. The molecule has 1 unspecified atom stereocenters. The summed E-state index contributed by atoms with van der Waals surface area (Å²) in [5.74, 6) is 1.53. The van der Waals surface area contributed by atoms with Crippen LogP contribution in [0.3, 0.4) is 0 Å². The zero-order valence-electron chi connectivity index (χ0n) is 23.2. The maximum absolute atomic E-state index is 16.4. The van der Waals surface area contributed by atoms with Gasteiger partial charge in [-0.15, -0.1) is 0 Å². The number of benzene rings is 1. The molecule has 36 heavy (non-hydrogen) atoms. The summed E-state index contributed by atoms with van der Waals surface area (Å²) in [6.45, 7) is 19.1. The van der Waals surface area contributed by atoms with Gasteiger partial charge in [0, 0.05) is 35.8 Å². The molecular weight excluding hydrogens is 447 g/mol. The third-order valence-electron chi connectivity index (χ3n) is 8.42. The normalized spacial score (nSPS) is 20.4. The predicted octanol–water partition coefficient (Wildman–Crippen LogP) is 7.70. The summed E-state index contributed by atoms with van der Waals surface area (Å²) in [6.07, 6.45) is 11.7. The lowest BCUT2D eigenvalue weighted by Gasteiger charge is -2.47. The van der Waals surface area contributed by atoms with Gasteiger partial charge in [0.1, 0.15) is 17.3 Å². The Balaban J connectivity index is 1.73. The number of aryl methyl sites for hydroxylation is 2. The van der Waals surface area contributed by atoms with Crippen molar-refractivity contribution < 1.29 is 4.39 Å². The van der Waals surface area contributed by atoms with E-state index in [4.69, 9.17) is 4.99 Å². The number of amidine groups is 1. The molecule has 2 aliphatic heterocycles. The molecule has 1 fully saturated rings. The lowest BCUT2D eigenvalue weighted by molar-refractivity contribution is 0.132. The molecule has 2 N–H and O–H groups in total. The van der Waals surface area contributed by atoms with Crippen LogP contribution in [0.15, 0.2) is 70.8 Å². The average molecular weight is 491 g/mol. The van der Waals surface area contributed by atoms with Crippen LogP contribution in [0.1, 0.15) is 77.8 Å². The van der Waals surface area contributed by atoms with Crippen molar-refractivity contribution in [3.05, 3.63) is 76.9 Å². The van der Waals surface area contributed by atoms with Gasteiger partial charge in [-0.2, -0.15) is 0 Å². The summed E-state index contributed by atoms with van der Waals surface area (Å²) in [5.41, 5.74) is 3.88. The maximum Gasteiger partial charge on any atom is 0.145 e. The second kappa shape index (κ2) is 9.57. The highest BCUT2D eigenvalue weighted by molar-refractivity contribution is 6.05. The number of hydrogen-bond donors (Lipinski definition) is 2. The quantitative estimate of drug-likeness (QED) is 0.353. The van der Waals surface area contributed by atoms with Gasteiger partial charge in [-0.05, 0) is 89.0 Å². The number of halogens is 1. The molecule has 0 amide bonds. The molecule has 1 aliphatic carbocycles. The van der Waals surface area contributed by atoms with Gasteiger partial charge >= 0.3 is 0 Å². The van der Waals surface area contributed by atoms with E-state index in [1.165, 1.54) is 24.8 Å². The number of anilines is 1. The summed E-state index contributed by atoms with van der Waals surface area (Å²) >= 11 is 0. The Labute approximate surface area is 217 Å². The molecule has 0 bridgehead atoms. The van der Waals surface area contributed by atoms with Crippen molar-refractivity contribution in [2.24, 2.45) is 10.4 Å². The second-order valence-corrected chi connectivity index (χ2v) is 11.5. The van der Waals surface area contributed by atoms with Gasteiger partial charge in [-0.25, -0.2) is 9.38 Å². The van der Waals surface area contributed by atoms with Gasteiger partial charge in [0.25, 0.3) is 0 Å². The van der Waals surface area contributed by atoms with Gasteiger partial charge < -0.3 is 15.5 Å². The minimum atomic E-state index is -1.58. The second-order valence-electron chi connectivity index (χ2n) is 11.5. The van der Waals surface area contributed by atoms with Crippen molar-refractivity contribution in [2.45, 2.75) is 91.8 Å². The summed E-state index contributed by atoms with van der Waals surface area (Å²) in [6, 6.07) is 6.26. The van der Waals surface area contributed by atoms with E-state index in [1.54, 1.807) is 13.8 Å². The monoisotopic (exact) mass is 490 g/mol. The fourth-order valence-corrected chi connectivity index (χ4v) is 5.67. The number of hydrogen-bond acceptors (Lipinski definition) is 4. The third kappa shape index (κ3) is 4.89. The van der Waals surface area contributed by atoms with E-state index in [0.717, 1.165) is 52.7 Å². The first-order valence-electron chi connectivity index (χ1n) is 13.4. The highest BCUT2D eigenvalue weighted by atomic mass is 19.1. The van der Waals surface area contributed by atoms with Crippen LogP contribution in [-0.4, -0.2) is 28.5 Å². The molecule has 0 spiro atoms. The molecule has 1 atom stereocenters. The Hall–Kier alpha value is -2.82. The van der Waals surface area contributed by atoms with E-state index in [-0.39, 0.29) is 0 Å². The minimum Gasteiger partial charge on any atom is -0.372 e. The summed E-state index contributed by atoms with van der Waals surface area (Å²) in [7, 11) is 0. The standard InChI is InChI=1S/C31H43FN4/c1-9-30(13-14-30)15-16-33-27-19-24(6)36-20-22(4)18-25(28(36)34-27)31(10-2,29(7,8)32)35-26-12-11-21(3)17-23(26)5/h11-12,17-20,33,35H,6,9-10,13-16H2,1-5,7-8H3. The fraction of sp³-hybridized carbons (Fsp3) is 0.516. The third-order valence-corrected chi connectivity index (χ3v) is 8.42. The SMILES string of the molecule is C=C1C=C(NCCC2(CC)CC2)N=C2C(C(CC)(Nc3ccc(C)cc3C)C(C)(C)F)=CC(C)=CN12. The van der Waals surface area contributed by atoms with Gasteiger partial charge in [0.05, 0.1) is 5.54 Å². The fourth-order valence-electron chi connectivity index (χ4n) is 5.67. The van der Waals surface area contributed by atoms with Crippen LogP contribution in [0.4, 0.5) is 10.1 Å². The van der Waals surface area contributed by atoms with Crippen molar-refractivity contribution in [3.63, 3.8) is 0 Å². The van der Waals surface area contributed by atoms with Gasteiger partial charge in [-0.3, -0.25) is 0 Å². The Kier molecular flexibility index (Phi) is 6.98. The van der Waals surface area contributed by atoms with Crippen LogP contribution in [0.25, 0.3) is 0 Å². The lowest BCUT2D eigenvalue weighted by atomic mass is 9.72. The molecule has 1 saturated carbocycles. The number of fused-ring (bicyclic) bond motifs is 1. The number of allylic oxidation sites excluding steroid dienone is 3. The summed E-state index contributed by atoms with van der Waals surface area (Å²) < 4.78 is 16.4. The minimum absolute atomic E-state index is 0.513. The first-order valence-corrected chi connectivity index (χ1v) is 13.4. The van der Waals surface area contributed by atoms with Crippen LogP contribution < -0.4 is 10.6 Å². The number of rotatable bonds is 10. The van der Waals surface area contributed by atoms with E-state index in [9.17, 15) is 0 Å². The van der Waals surface area contributed by atoms with Crippen molar-refractivity contribution in [1.29, 1.82) is 0 Å². The van der Waals surface area contributed by atoms with Gasteiger partial charge in [-0.1, -0.05) is 44.5 Å². The molecular formula is C31H43FN4. The van der Waals surface area contributed by atoms with Crippen LogP contribution >= 0.6 is 0 Å². The van der Waals surface area contributed by atoms with E-state index in [2.05, 4.69) is 62.3 Å². The highest BCUT2D eigenvalue weighted by Crippen LogP contribution is 2.51. The number of nitrogens with zero attached hydrogens (tertiary/aromatic N) is 2. The molecule has 2 heterocycles. The maximum atomic E-state index is 16.4. The molecule has 0 radical (unpaired) electrons. The van der Waals surface area contributed by atoms with Gasteiger partial charge in [0.15, 0.2) is 0 Å². The Morgan fingerprint density at radius 2 is 1.86 bits per heavy atom. The number of nitrogens with one attached hydrogen (secondary N) is 2. The molecule has 194 valence electrons. The topological polar surface area (TPSA) is 39.7 Å². The Morgan fingerprint density at radius 1 is 1.14 bits per heavy atom. The van der Waals surface area contributed by atoms with Crippen LogP contribution in [0, 0.1) is 19.3 Å². The highest BCUT2D eigenvalue weighted by Gasteiger charge is 2.51. The number of alkyl halides is 1. The molecule has 0 aromatic heterocycles. The molecule has 0 saturated heterocycles. The molecule has 3 aliphatic rings. The van der Waals surface area contributed by atoms with Crippen molar-refractivity contribution in [1.82, 2.24) is 10.2 Å². The summed E-state index contributed by atoms with van der Waals surface area (Å²) in [5, 5.41) is 7.21. The van der Waals surface area contributed by atoms with Crippen molar-refractivity contribution >= 4 is 11.5 Å². The molecule has 1 aromatic rings. The number of aliphatic imine (C=N–C) groups is 1. The van der Waals surface area contributed by atoms with Crippen molar-refractivity contribution in [3.8, 4) is 0 Å². The van der Waals surface area contributed by atoms with Crippen molar-refractivity contribution in [2.75, 3.05) is 11.9 Å². The van der Waals surface area contributed by atoms with Gasteiger partial charge in [0.2, 0.25) is 0 Å². The van der Waals surface area contributed by atoms with E-state index >= 15 is 4.39 Å². The first kappa shape index (κ1) is 26.2.